The zero-order valence-corrected chi connectivity index (χ0v) is 13.2. The minimum Gasteiger partial charge on any atom is -0.473 e. The van der Waals surface area contributed by atoms with Crippen LogP contribution in [0, 0.1) is 12.3 Å². The molecule has 0 radical (unpaired) electrons. The van der Waals surface area contributed by atoms with E-state index in [0.29, 0.717) is 24.7 Å². The highest BCUT2D eigenvalue weighted by molar-refractivity contribution is 5.68. The van der Waals surface area contributed by atoms with Crippen molar-refractivity contribution in [2.45, 2.75) is 45.3 Å². The summed E-state index contributed by atoms with van der Waals surface area (Å²) >= 11 is 0. The van der Waals surface area contributed by atoms with Crippen LogP contribution in [0.15, 0.2) is 12.4 Å². The van der Waals surface area contributed by atoms with Crippen LogP contribution in [-0.4, -0.2) is 45.8 Å². The Hall–Kier alpha value is -2.29. The Balaban J connectivity index is 1.82. The van der Waals surface area contributed by atoms with Gasteiger partial charge in [-0.25, -0.2) is 14.8 Å². The Morgan fingerprint density at radius 1 is 1.32 bits per heavy atom. The standard InChI is InChI=1S/C16H21N3O3/c1-5-12-10-18-14(11-17-12)21-13-6-8-19(9-7-13)15(20)22-16(2,3)4/h1,10-11,13H,6-9H2,2-4H3. The highest BCUT2D eigenvalue weighted by Gasteiger charge is 2.27. The van der Waals surface area contributed by atoms with E-state index >= 15 is 0 Å². The molecule has 0 saturated carbocycles. The molecule has 1 aromatic heterocycles. The fourth-order valence-electron chi connectivity index (χ4n) is 2.11. The predicted molar refractivity (Wildman–Crippen MR) is 81.4 cm³/mol. The van der Waals surface area contributed by atoms with Gasteiger partial charge < -0.3 is 14.4 Å². The van der Waals surface area contributed by atoms with Crippen molar-refractivity contribution in [3.05, 3.63) is 18.1 Å². The lowest BCUT2D eigenvalue weighted by Gasteiger charge is -2.33. The minimum absolute atomic E-state index is 0.0182. The molecule has 1 fully saturated rings. The fraction of sp³-hybridized carbons (Fsp3) is 0.562. The molecule has 1 aromatic rings. The molecule has 0 spiro atoms. The summed E-state index contributed by atoms with van der Waals surface area (Å²) in [5, 5.41) is 0. The van der Waals surface area contributed by atoms with E-state index in [0.717, 1.165) is 12.8 Å². The number of rotatable bonds is 2. The Morgan fingerprint density at radius 2 is 2.00 bits per heavy atom. The van der Waals surface area contributed by atoms with Gasteiger partial charge in [-0.15, -0.1) is 6.42 Å². The largest absolute Gasteiger partial charge is 0.473 e. The highest BCUT2D eigenvalue weighted by Crippen LogP contribution is 2.19. The fourth-order valence-corrected chi connectivity index (χ4v) is 2.11. The van der Waals surface area contributed by atoms with Crippen LogP contribution in [0.4, 0.5) is 4.79 Å². The van der Waals surface area contributed by atoms with Crippen molar-refractivity contribution in [2.75, 3.05) is 13.1 Å². The van der Waals surface area contributed by atoms with E-state index in [4.69, 9.17) is 15.9 Å². The smallest absolute Gasteiger partial charge is 0.410 e. The van der Waals surface area contributed by atoms with E-state index in [1.54, 1.807) is 4.90 Å². The first kappa shape index (κ1) is 16.1. The molecule has 1 aliphatic heterocycles. The number of terminal acetylenes is 1. The van der Waals surface area contributed by atoms with Gasteiger partial charge in [0.2, 0.25) is 5.88 Å². The molecule has 2 heterocycles. The van der Waals surface area contributed by atoms with Crippen molar-refractivity contribution in [3.8, 4) is 18.2 Å². The molecule has 22 heavy (non-hydrogen) atoms. The summed E-state index contributed by atoms with van der Waals surface area (Å²) in [5.41, 5.74) is 0.00537. The van der Waals surface area contributed by atoms with E-state index in [1.165, 1.54) is 12.4 Å². The molecule has 0 atom stereocenters. The zero-order valence-electron chi connectivity index (χ0n) is 13.2. The summed E-state index contributed by atoms with van der Waals surface area (Å²) < 4.78 is 11.1. The Kier molecular flexibility index (Phi) is 4.86. The molecule has 2 rings (SSSR count). The lowest BCUT2D eigenvalue weighted by Crippen LogP contribution is -2.44. The molecule has 1 amide bonds. The number of hydrogen-bond donors (Lipinski definition) is 0. The maximum Gasteiger partial charge on any atom is 0.410 e. The van der Waals surface area contributed by atoms with Crippen LogP contribution in [0.5, 0.6) is 5.88 Å². The maximum atomic E-state index is 12.0. The summed E-state index contributed by atoms with van der Waals surface area (Å²) in [6.07, 6.45) is 9.47. The average Bonchev–Trinajstić information content (AvgIpc) is 2.47. The number of ether oxygens (including phenoxy) is 2. The molecule has 6 nitrogen and oxygen atoms in total. The van der Waals surface area contributed by atoms with Gasteiger partial charge in [-0.2, -0.15) is 0 Å². The van der Waals surface area contributed by atoms with Crippen molar-refractivity contribution >= 4 is 6.09 Å². The molecule has 0 N–H and O–H groups in total. The summed E-state index contributed by atoms with van der Waals surface area (Å²) in [7, 11) is 0. The highest BCUT2D eigenvalue weighted by atomic mass is 16.6. The molecule has 0 bridgehead atoms. The predicted octanol–water partition coefficient (Wildman–Crippen LogP) is 2.24. The first-order chi connectivity index (χ1) is 10.4. The molecule has 1 saturated heterocycles. The molecule has 118 valence electrons. The van der Waals surface area contributed by atoms with Crippen LogP contribution in [0.1, 0.15) is 39.3 Å². The summed E-state index contributed by atoms with van der Waals surface area (Å²) in [5.74, 6) is 2.86. The molecular formula is C16H21N3O3. The summed E-state index contributed by atoms with van der Waals surface area (Å²) in [4.78, 5) is 21.8. The van der Waals surface area contributed by atoms with Crippen molar-refractivity contribution in [3.63, 3.8) is 0 Å². The number of piperidine rings is 1. The molecule has 0 unspecified atom stereocenters. The molecule has 0 aliphatic carbocycles. The van der Waals surface area contributed by atoms with Crippen molar-refractivity contribution < 1.29 is 14.3 Å². The van der Waals surface area contributed by atoms with Crippen molar-refractivity contribution in [1.82, 2.24) is 14.9 Å². The van der Waals surface area contributed by atoms with Crippen LogP contribution in [-0.2, 0) is 4.74 Å². The summed E-state index contributed by atoms with van der Waals surface area (Å²) in [6.45, 7) is 6.79. The van der Waals surface area contributed by atoms with Gasteiger partial charge >= 0.3 is 6.09 Å². The number of carbonyl (C=O) groups is 1. The minimum atomic E-state index is -0.473. The van der Waals surface area contributed by atoms with Gasteiger partial charge in [0.15, 0.2) is 0 Å². The average molecular weight is 303 g/mol. The third-order valence-corrected chi connectivity index (χ3v) is 3.16. The van der Waals surface area contributed by atoms with Gasteiger partial charge in [0.1, 0.15) is 17.4 Å². The SMILES string of the molecule is C#Cc1cnc(OC2CCN(C(=O)OC(C)(C)C)CC2)cn1. The quantitative estimate of drug-likeness (QED) is 0.784. The van der Waals surface area contributed by atoms with E-state index in [-0.39, 0.29) is 12.2 Å². The van der Waals surface area contributed by atoms with Crippen molar-refractivity contribution in [1.29, 1.82) is 0 Å². The number of nitrogens with zero attached hydrogens (tertiary/aromatic N) is 3. The van der Waals surface area contributed by atoms with Gasteiger partial charge in [-0.05, 0) is 26.7 Å². The Bertz CT molecular complexity index is 549. The number of carbonyl (C=O) groups excluding carboxylic acids is 1. The van der Waals surface area contributed by atoms with Crippen LogP contribution in [0.25, 0.3) is 0 Å². The molecular weight excluding hydrogens is 282 g/mol. The normalized spacial score (nSPS) is 16.0. The zero-order chi connectivity index (χ0) is 16.2. The second-order valence-corrected chi connectivity index (χ2v) is 6.17. The van der Waals surface area contributed by atoms with Crippen LogP contribution in [0.2, 0.25) is 0 Å². The lowest BCUT2D eigenvalue weighted by molar-refractivity contribution is 0.0122. The number of amides is 1. The topological polar surface area (TPSA) is 64.5 Å². The second kappa shape index (κ2) is 6.65. The van der Waals surface area contributed by atoms with Crippen LogP contribution < -0.4 is 4.74 Å². The first-order valence-electron chi connectivity index (χ1n) is 7.30. The van der Waals surface area contributed by atoms with E-state index in [1.807, 2.05) is 20.8 Å². The van der Waals surface area contributed by atoms with Gasteiger partial charge in [0, 0.05) is 25.9 Å². The monoisotopic (exact) mass is 303 g/mol. The van der Waals surface area contributed by atoms with Gasteiger partial charge in [-0.3, -0.25) is 0 Å². The number of likely N-dealkylation sites (tertiary alicyclic amines) is 1. The van der Waals surface area contributed by atoms with E-state index < -0.39 is 5.60 Å². The van der Waals surface area contributed by atoms with Gasteiger partial charge in [0.25, 0.3) is 0 Å². The van der Waals surface area contributed by atoms with E-state index in [9.17, 15) is 4.79 Å². The molecule has 6 heteroatoms. The lowest BCUT2D eigenvalue weighted by atomic mass is 10.1. The molecule has 1 aliphatic rings. The first-order valence-corrected chi connectivity index (χ1v) is 7.30. The van der Waals surface area contributed by atoms with Gasteiger partial charge in [-0.1, -0.05) is 0 Å². The van der Waals surface area contributed by atoms with E-state index in [2.05, 4.69) is 15.9 Å². The van der Waals surface area contributed by atoms with Crippen LogP contribution in [0.3, 0.4) is 0 Å². The maximum absolute atomic E-state index is 12.0. The second-order valence-electron chi connectivity index (χ2n) is 6.17. The molecule has 0 aromatic carbocycles. The Labute approximate surface area is 130 Å². The third-order valence-electron chi connectivity index (χ3n) is 3.16. The summed E-state index contributed by atoms with van der Waals surface area (Å²) in [6, 6.07) is 0. The third kappa shape index (κ3) is 4.62. The number of aromatic nitrogens is 2. The Morgan fingerprint density at radius 3 is 2.50 bits per heavy atom. The van der Waals surface area contributed by atoms with Crippen molar-refractivity contribution in [2.24, 2.45) is 0 Å². The van der Waals surface area contributed by atoms with Crippen LogP contribution >= 0.6 is 0 Å². The van der Waals surface area contributed by atoms with Gasteiger partial charge in [0.05, 0.1) is 12.4 Å². The number of hydrogen-bond acceptors (Lipinski definition) is 5.